The van der Waals surface area contributed by atoms with Crippen LogP contribution < -0.4 is 14.4 Å². The number of amides is 1. The Morgan fingerprint density at radius 3 is 2.46 bits per heavy atom. The van der Waals surface area contributed by atoms with Crippen molar-refractivity contribution in [3.63, 3.8) is 0 Å². The molecular weight excluding hydrogens is 448 g/mol. The zero-order valence-electron chi connectivity index (χ0n) is 20.5. The molecule has 2 aromatic rings. The normalized spacial score (nSPS) is 20.8. The van der Waals surface area contributed by atoms with Crippen LogP contribution in [0.3, 0.4) is 0 Å². The number of carbonyl (C=O) groups excluding carboxylic acids is 3. The van der Waals surface area contributed by atoms with Crippen LogP contribution in [0.4, 0.5) is 0 Å². The number of rotatable bonds is 9. The number of quaternary nitrogens is 1. The minimum Gasteiger partial charge on any atom is -0.496 e. The molecule has 2 saturated heterocycles. The van der Waals surface area contributed by atoms with Crippen molar-refractivity contribution in [3.05, 3.63) is 59.2 Å². The predicted octanol–water partition coefficient (Wildman–Crippen LogP) is 1.27. The lowest BCUT2D eigenvalue weighted by atomic mass is 9.85. The van der Waals surface area contributed by atoms with Gasteiger partial charge in [-0.1, -0.05) is 18.2 Å². The molecular formula is C27H33N2O6+. The number of Topliss-reactive ketones (excluding diaryl/α,β-unsaturated/α-hetero) is 2. The van der Waals surface area contributed by atoms with Gasteiger partial charge in [-0.15, -0.1) is 0 Å². The van der Waals surface area contributed by atoms with Crippen LogP contribution in [-0.2, 0) is 14.3 Å². The van der Waals surface area contributed by atoms with Gasteiger partial charge >= 0.3 is 0 Å². The fourth-order valence-electron chi connectivity index (χ4n) is 5.11. The predicted molar refractivity (Wildman–Crippen MR) is 129 cm³/mol. The highest BCUT2D eigenvalue weighted by Crippen LogP contribution is 2.42. The maximum atomic E-state index is 13.7. The minimum atomic E-state index is -1.14. The molecule has 1 amide bonds. The van der Waals surface area contributed by atoms with Crippen LogP contribution >= 0.6 is 0 Å². The summed E-state index contributed by atoms with van der Waals surface area (Å²) in [6, 6.07) is 11.6. The first-order valence-corrected chi connectivity index (χ1v) is 12.0. The molecule has 0 radical (unpaired) electrons. The second-order valence-corrected chi connectivity index (χ2v) is 9.04. The first-order chi connectivity index (χ1) is 17.0. The van der Waals surface area contributed by atoms with Gasteiger partial charge in [0.15, 0.2) is 5.78 Å². The Hall–Kier alpha value is -3.23. The van der Waals surface area contributed by atoms with E-state index in [1.165, 1.54) is 4.90 Å². The van der Waals surface area contributed by atoms with Gasteiger partial charge in [-0.3, -0.25) is 14.4 Å². The molecule has 2 fully saturated rings. The molecule has 0 saturated carbocycles. The molecule has 186 valence electrons. The SMILES string of the molecule is COc1ccc(C(=O)C2C(=O)C(=O)N(CCC[NH+]3CCOCC3)C2c2ccccc2OC)cc1C. The van der Waals surface area contributed by atoms with E-state index in [0.29, 0.717) is 29.2 Å². The number of likely N-dealkylation sites (tertiary alicyclic amines) is 1. The Morgan fingerprint density at radius 1 is 1.06 bits per heavy atom. The van der Waals surface area contributed by atoms with Gasteiger partial charge in [0.25, 0.3) is 5.91 Å². The number of hydrogen-bond donors (Lipinski definition) is 1. The van der Waals surface area contributed by atoms with Gasteiger partial charge in [0.2, 0.25) is 5.78 Å². The molecule has 2 unspecified atom stereocenters. The monoisotopic (exact) mass is 481 g/mol. The van der Waals surface area contributed by atoms with E-state index in [1.807, 2.05) is 25.1 Å². The van der Waals surface area contributed by atoms with E-state index in [-0.39, 0.29) is 5.78 Å². The number of morpholine rings is 1. The fraction of sp³-hybridized carbons (Fsp3) is 0.444. The first kappa shape index (κ1) is 24.9. The Kier molecular flexibility index (Phi) is 7.83. The van der Waals surface area contributed by atoms with Gasteiger partial charge in [0.05, 0.1) is 40.0 Å². The van der Waals surface area contributed by atoms with Crippen molar-refractivity contribution < 1.29 is 33.5 Å². The summed E-state index contributed by atoms with van der Waals surface area (Å²) in [5.74, 6) is -1.58. The lowest BCUT2D eigenvalue weighted by Crippen LogP contribution is -3.14. The Labute approximate surface area is 205 Å². The second kappa shape index (κ2) is 11.0. The molecule has 2 atom stereocenters. The second-order valence-electron chi connectivity index (χ2n) is 9.04. The lowest BCUT2D eigenvalue weighted by Gasteiger charge is -2.29. The maximum absolute atomic E-state index is 13.7. The topological polar surface area (TPSA) is 86.6 Å². The Bertz CT molecular complexity index is 1090. The summed E-state index contributed by atoms with van der Waals surface area (Å²) in [5, 5.41) is 0. The van der Waals surface area contributed by atoms with Crippen LogP contribution in [0.1, 0.15) is 33.9 Å². The summed E-state index contributed by atoms with van der Waals surface area (Å²) >= 11 is 0. The molecule has 2 aliphatic heterocycles. The van der Waals surface area contributed by atoms with Crippen LogP contribution in [0.2, 0.25) is 0 Å². The average Bonchev–Trinajstić information content (AvgIpc) is 3.13. The number of methoxy groups -OCH3 is 2. The molecule has 1 N–H and O–H groups in total. The number of nitrogens with one attached hydrogen (secondary N) is 1. The fourth-order valence-corrected chi connectivity index (χ4v) is 5.11. The van der Waals surface area contributed by atoms with Crippen LogP contribution in [0.15, 0.2) is 42.5 Å². The molecule has 2 aromatic carbocycles. The van der Waals surface area contributed by atoms with E-state index in [2.05, 4.69) is 0 Å². The van der Waals surface area contributed by atoms with Crippen molar-refractivity contribution in [2.45, 2.75) is 19.4 Å². The Morgan fingerprint density at radius 2 is 1.77 bits per heavy atom. The van der Waals surface area contributed by atoms with Gasteiger partial charge in [-0.25, -0.2) is 0 Å². The van der Waals surface area contributed by atoms with Crippen LogP contribution in [-0.4, -0.2) is 76.0 Å². The van der Waals surface area contributed by atoms with E-state index in [0.717, 1.165) is 44.8 Å². The molecule has 0 aliphatic carbocycles. The van der Waals surface area contributed by atoms with Crippen molar-refractivity contribution in [1.29, 1.82) is 0 Å². The van der Waals surface area contributed by atoms with Crippen LogP contribution in [0.5, 0.6) is 11.5 Å². The highest BCUT2D eigenvalue weighted by molar-refractivity contribution is 6.44. The van der Waals surface area contributed by atoms with E-state index in [9.17, 15) is 14.4 Å². The highest BCUT2D eigenvalue weighted by Gasteiger charge is 2.52. The van der Waals surface area contributed by atoms with Gasteiger partial charge in [0.1, 0.15) is 30.5 Å². The number of benzene rings is 2. The molecule has 8 nitrogen and oxygen atoms in total. The first-order valence-electron chi connectivity index (χ1n) is 12.0. The number of hydrogen-bond acceptors (Lipinski definition) is 6. The van der Waals surface area contributed by atoms with Crippen LogP contribution in [0, 0.1) is 12.8 Å². The Balaban J connectivity index is 1.66. The molecule has 8 heteroatoms. The number of aryl methyl sites for hydroxylation is 1. The van der Waals surface area contributed by atoms with Gasteiger partial charge in [-0.05, 0) is 36.8 Å². The third-order valence-electron chi connectivity index (χ3n) is 6.95. The number of para-hydroxylation sites is 1. The average molecular weight is 482 g/mol. The third-order valence-corrected chi connectivity index (χ3v) is 6.95. The number of carbonyl (C=O) groups is 3. The molecule has 35 heavy (non-hydrogen) atoms. The summed E-state index contributed by atoms with van der Waals surface area (Å²) in [4.78, 5) is 43.2. The van der Waals surface area contributed by atoms with Gasteiger partial charge < -0.3 is 24.0 Å². The van der Waals surface area contributed by atoms with E-state index < -0.39 is 23.7 Å². The molecule has 0 aromatic heterocycles. The lowest BCUT2D eigenvalue weighted by molar-refractivity contribution is -0.908. The summed E-state index contributed by atoms with van der Waals surface area (Å²) in [6.45, 7) is 6.44. The number of ether oxygens (including phenoxy) is 3. The van der Waals surface area contributed by atoms with Crippen molar-refractivity contribution in [2.24, 2.45) is 5.92 Å². The van der Waals surface area contributed by atoms with Crippen molar-refractivity contribution in [3.8, 4) is 11.5 Å². The van der Waals surface area contributed by atoms with E-state index in [1.54, 1.807) is 43.4 Å². The molecule has 0 bridgehead atoms. The van der Waals surface area contributed by atoms with Gasteiger partial charge in [-0.2, -0.15) is 0 Å². The number of ketones is 2. The summed E-state index contributed by atoms with van der Waals surface area (Å²) in [5.41, 5.74) is 1.83. The summed E-state index contributed by atoms with van der Waals surface area (Å²) in [6.07, 6.45) is 0.725. The third kappa shape index (κ3) is 5.09. The van der Waals surface area contributed by atoms with Crippen molar-refractivity contribution in [2.75, 3.05) is 53.6 Å². The van der Waals surface area contributed by atoms with Crippen molar-refractivity contribution in [1.82, 2.24) is 4.90 Å². The largest absolute Gasteiger partial charge is 0.496 e. The van der Waals surface area contributed by atoms with E-state index in [4.69, 9.17) is 14.2 Å². The zero-order chi connectivity index (χ0) is 24.9. The quantitative estimate of drug-likeness (QED) is 0.330. The molecule has 2 aliphatic rings. The summed E-state index contributed by atoms with van der Waals surface area (Å²) in [7, 11) is 3.12. The van der Waals surface area contributed by atoms with Gasteiger partial charge in [0, 0.05) is 24.1 Å². The minimum absolute atomic E-state index is 0.369. The standard InChI is InChI=1S/C27H32N2O6/c1-18-17-19(9-10-21(18)33-2)25(30)23-24(20-7-4-5-8-22(20)34-3)29(27(32)26(23)31)12-6-11-28-13-15-35-16-14-28/h4-5,7-10,17,23-24H,6,11-16H2,1-3H3/p+1. The van der Waals surface area contributed by atoms with Crippen molar-refractivity contribution >= 4 is 17.5 Å². The number of nitrogens with zero attached hydrogens (tertiary/aromatic N) is 1. The maximum Gasteiger partial charge on any atom is 0.291 e. The summed E-state index contributed by atoms with van der Waals surface area (Å²) < 4.78 is 16.3. The molecule has 2 heterocycles. The smallest absolute Gasteiger partial charge is 0.291 e. The molecule has 0 spiro atoms. The molecule has 4 rings (SSSR count). The highest BCUT2D eigenvalue weighted by atomic mass is 16.5. The van der Waals surface area contributed by atoms with E-state index >= 15 is 0 Å². The van der Waals surface area contributed by atoms with Crippen LogP contribution in [0.25, 0.3) is 0 Å². The zero-order valence-corrected chi connectivity index (χ0v) is 20.5.